The second kappa shape index (κ2) is 16.3. The van der Waals surface area contributed by atoms with Crippen molar-refractivity contribution in [2.45, 2.75) is 151 Å². The van der Waals surface area contributed by atoms with Gasteiger partial charge in [-0.05, 0) is 102 Å². The minimum Gasteiger partial charge on any atom is -0.497 e. The summed E-state index contributed by atoms with van der Waals surface area (Å²) >= 11 is 0. The van der Waals surface area contributed by atoms with Crippen molar-refractivity contribution in [3.05, 3.63) is 36.0 Å². The lowest BCUT2D eigenvalue weighted by molar-refractivity contribution is -0.141. The van der Waals surface area contributed by atoms with Gasteiger partial charge in [0, 0.05) is 18.4 Å². The van der Waals surface area contributed by atoms with Crippen LogP contribution in [0.25, 0.3) is 11.0 Å². The monoisotopic (exact) mass is 820 g/mol. The van der Waals surface area contributed by atoms with Crippen LogP contribution >= 0.6 is 0 Å². The van der Waals surface area contributed by atoms with Gasteiger partial charge in [-0.1, -0.05) is 37.8 Å². The Labute approximate surface area is 339 Å². The van der Waals surface area contributed by atoms with Crippen LogP contribution in [0.1, 0.15) is 115 Å². The van der Waals surface area contributed by atoms with E-state index in [1.165, 1.54) is 4.90 Å². The standard InChI is InChI=1S/C42H56N6O9S/c1-41(20-21-41)58(53,54)47-39(51)42-24-27(42)14-8-4-3-5-9-16-32-38(50)48-25-29(23-34(48)36(49)46-42)56-37-31(43-30-19-18-28(55-2)22-33(30)44-37)15-10-6-7-12-26-13-11-17-35(26)57-40(52)45-32/h8,14,18-19,22,26-27,29,32,34-35H,3-7,9-13,15-17,20-21,23-25H2,1-2H3,(H,45,52)(H,46,49)(H,47,51)/b14-8-/t26-,27+,29-,32+,34+,35-,42+/m1/s1. The Kier molecular flexibility index (Phi) is 11.3. The molecule has 0 unspecified atom stereocenters. The summed E-state index contributed by atoms with van der Waals surface area (Å²) in [6.07, 6.45) is 13.7. The molecule has 0 spiro atoms. The lowest BCUT2D eigenvalue weighted by Gasteiger charge is -2.30. The van der Waals surface area contributed by atoms with Crippen LogP contribution in [0.15, 0.2) is 30.4 Å². The zero-order valence-corrected chi connectivity index (χ0v) is 34.3. The van der Waals surface area contributed by atoms with E-state index >= 15 is 0 Å². The Bertz CT molecular complexity index is 2070. The second-order valence-corrected chi connectivity index (χ2v) is 19.7. The van der Waals surface area contributed by atoms with E-state index in [0.717, 1.165) is 57.8 Å². The minimum atomic E-state index is -3.99. The van der Waals surface area contributed by atoms with E-state index in [0.29, 0.717) is 66.9 Å². The first-order valence-corrected chi connectivity index (χ1v) is 22.7. The molecule has 3 aliphatic heterocycles. The summed E-state index contributed by atoms with van der Waals surface area (Å²) in [5, 5.41) is 5.82. The normalized spacial score (nSPS) is 32.2. The summed E-state index contributed by atoms with van der Waals surface area (Å²) in [6.45, 7) is 1.60. The number of allylic oxidation sites excluding steroid dienone is 1. The molecule has 3 aliphatic carbocycles. The van der Waals surface area contributed by atoms with Gasteiger partial charge < -0.3 is 29.7 Å². The van der Waals surface area contributed by atoms with Crippen LogP contribution in [0, 0.1) is 11.8 Å². The molecule has 2 aromatic rings. The van der Waals surface area contributed by atoms with Gasteiger partial charge in [-0.25, -0.2) is 23.2 Å². The number of amides is 4. The van der Waals surface area contributed by atoms with Crippen molar-refractivity contribution < 1.29 is 41.8 Å². The molecule has 3 N–H and O–H groups in total. The number of alkyl carbamates (subject to hydrolysis) is 1. The van der Waals surface area contributed by atoms with Crippen molar-refractivity contribution in [2.75, 3.05) is 13.7 Å². The number of hydrogen-bond donors (Lipinski definition) is 3. The number of nitrogens with one attached hydrogen (secondary N) is 3. The summed E-state index contributed by atoms with van der Waals surface area (Å²) in [5.41, 5.74) is 0.437. The molecule has 3 bridgehead atoms. The Balaban J connectivity index is 1.14. The van der Waals surface area contributed by atoms with Crippen LogP contribution in [-0.2, 0) is 35.6 Å². The molecule has 1 saturated heterocycles. The van der Waals surface area contributed by atoms with Crippen LogP contribution in [0.4, 0.5) is 4.79 Å². The van der Waals surface area contributed by atoms with Crippen molar-refractivity contribution >= 4 is 44.9 Å². The van der Waals surface area contributed by atoms with E-state index in [2.05, 4.69) is 15.4 Å². The van der Waals surface area contributed by atoms with Crippen LogP contribution in [0.2, 0.25) is 0 Å². The molecule has 4 heterocycles. The third-order valence-corrected chi connectivity index (χ3v) is 15.4. The molecule has 7 atom stereocenters. The molecule has 3 saturated carbocycles. The highest BCUT2D eigenvalue weighted by atomic mass is 32.2. The van der Waals surface area contributed by atoms with E-state index in [1.54, 1.807) is 20.1 Å². The summed E-state index contributed by atoms with van der Waals surface area (Å²) in [7, 11) is -2.41. The number of aryl methyl sites for hydroxylation is 1. The summed E-state index contributed by atoms with van der Waals surface area (Å²) in [6, 6.07) is 3.41. The first-order chi connectivity index (χ1) is 27.9. The molecule has 58 heavy (non-hydrogen) atoms. The zero-order chi connectivity index (χ0) is 40.7. The molecule has 1 aromatic carbocycles. The number of carbonyl (C=O) groups excluding carboxylic acids is 4. The number of sulfonamides is 1. The van der Waals surface area contributed by atoms with E-state index in [9.17, 15) is 27.6 Å². The van der Waals surface area contributed by atoms with Crippen molar-refractivity contribution in [2.24, 2.45) is 11.8 Å². The molecule has 6 aliphatic rings. The predicted molar refractivity (Wildman–Crippen MR) is 213 cm³/mol. The summed E-state index contributed by atoms with van der Waals surface area (Å²) < 4.78 is 45.8. The fourth-order valence-corrected chi connectivity index (χ4v) is 10.5. The highest BCUT2D eigenvalue weighted by Crippen LogP contribution is 2.47. The maximum Gasteiger partial charge on any atom is 0.408 e. The fraction of sp³-hybridized carbons (Fsp3) is 0.667. The topological polar surface area (TPSA) is 195 Å². The maximum absolute atomic E-state index is 14.7. The zero-order valence-electron chi connectivity index (χ0n) is 33.5. The SMILES string of the molecule is COc1ccc2nc3c(nc2c1)O[C@@H]1C[C@H]2C(=O)N[C@@]4(C(=O)NS(=O)(=O)C5(C)CC5)C[C@@H]4/C=C\CCCCC[C@H](NC(=O)O[C@@H]4CCC[C@H]4CCCCC3)C(=O)N2C1. The highest BCUT2D eigenvalue weighted by molar-refractivity contribution is 7.91. The number of rotatable bonds is 4. The van der Waals surface area contributed by atoms with Gasteiger partial charge in [0.2, 0.25) is 27.7 Å². The molecule has 15 nitrogen and oxygen atoms in total. The number of nitrogens with zero attached hydrogens (tertiary/aromatic N) is 3. The fourth-order valence-electron chi connectivity index (χ4n) is 9.22. The third kappa shape index (κ3) is 8.35. The maximum atomic E-state index is 14.7. The predicted octanol–water partition coefficient (Wildman–Crippen LogP) is 4.76. The van der Waals surface area contributed by atoms with Gasteiger partial charge >= 0.3 is 6.09 Å². The molecular formula is C42H56N6O9S. The van der Waals surface area contributed by atoms with E-state index < -0.39 is 68.2 Å². The van der Waals surface area contributed by atoms with Crippen molar-refractivity contribution in [1.29, 1.82) is 0 Å². The third-order valence-electron chi connectivity index (χ3n) is 13.3. The van der Waals surface area contributed by atoms with Crippen LogP contribution in [0.3, 0.4) is 0 Å². The molecule has 8 rings (SSSR count). The Hall–Kier alpha value is -4.47. The van der Waals surface area contributed by atoms with Gasteiger partial charge in [0.15, 0.2) is 0 Å². The number of benzene rings is 1. The minimum absolute atomic E-state index is 0.00137. The number of carbonyl (C=O) groups is 4. The summed E-state index contributed by atoms with van der Waals surface area (Å²) in [5.74, 6) is -1.10. The van der Waals surface area contributed by atoms with Gasteiger partial charge in [-0.2, -0.15) is 0 Å². The Morgan fingerprint density at radius 3 is 2.57 bits per heavy atom. The Morgan fingerprint density at radius 2 is 1.76 bits per heavy atom. The lowest BCUT2D eigenvalue weighted by atomic mass is 9.97. The number of aromatic nitrogens is 2. The molecular weight excluding hydrogens is 765 g/mol. The van der Waals surface area contributed by atoms with E-state index in [1.807, 2.05) is 24.3 Å². The van der Waals surface area contributed by atoms with Gasteiger partial charge in [0.1, 0.15) is 41.3 Å². The Morgan fingerprint density at radius 1 is 0.966 bits per heavy atom. The summed E-state index contributed by atoms with van der Waals surface area (Å²) in [4.78, 5) is 68.1. The van der Waals surface area contributed by atoms with Crippen LogP contribution in [0.5, 0.6) is 11.6 Å². The van der Waals surface area contributed by atoms with Gasteiger partial charge in [0.25, 0.3) is 5.91 Å². The molecule has 4 amide bonds. The van der Waals surface area contributed by atoms with Gasteiger partial charge in [-0.15, -0.1) is 0 Å². The van der Waals surface area contributed by atoms with Crippen LogP contribution < -0.4 is 24.8 Å². The first kappa shape index (κ1) is 40.3. The van der Waals surface area contributed by atoms with E-state index in [-0.39, 0.29) is 31.4 Å². The van der Waals surface area contributed by atoms with Crippen LogP contribution in [-0.4, -0.2) is 95.3 Å². The number of methoxy groups -OCH3 is 1. The molecule has 0 radical (unpaired) electrons. The molecule has 4 fully saturated rings. The average molecular weight is 821 g/mol. The lowest BCUT2D eigenvalue weighted by Crippen LogP contribution is -2.58. The van der Waals surface area contributed by atoms with Gasteiger partial charge in [0.05, 0.1) is 29.4 Å². The van der Waals surface area contributed by atoms with Gasteiger partial charge in [-0.3, -0.25) is 19.1 Å². The average Bonchev–Trinajstić information content (AvgIpc) is 4.00. The molecule has 16 heteroatoms. The molecule has 314 valence electrons. The van der Waals surface area contributed by atoms with Crippen molar-refractivity contribution in [1.82, 2.24) is 30.2 Å². The smallest absolute Gasteiger partial charge is 0.408 e. The quantitative estimate of drug-likeness (QED) is 0.360. The van der Waals surface area contributed by atoms with E-state index in [4.69, 9.17) is 24.2 Å². The second-order valence-electron chi connectivity index (χ2n) is 17.5. The first-order valence-electron chi connectivity index (χ1n) is 21.2. The van der Waals surface area contributed by atoms with Crippen molar-refractivity contribution in [3.8, 4) is 11.6 Å². The molecule has 1 aromatic heterocycles. The highest BCUT2D eigenvalue weighted by Gasteiger charge is 2.63. The van der Waals surface area contributed by atoms with Crippen molar-refractivity contribution in [3.63, 3.8) is 0 Å². The number of fused-ring (bicyclic) bond motifs is 6. The largest absolute Gasteiger partial charge is 0.497 e. The number of hydrogen-bond acceptors (Lipinski definition) is 11. The number of ether oxygens (including phenoxy) is 3.